The molecule has 2 aromatic heterocycles. The Kier molecular flexibility index (Phi) is 5.23. The lowest BCUT2D eigenvalue weighted by Crippen LogP contribution is -2.24. The van der Waals surface area contributed by atoms with Crippen molar-refractivity contribution >= 4 is 11.6 Å². The summed E-state index contributed by atoms with van der Waals surface area (Å²) >= 11 is 0. The molecular weight excluding hydrogens is 444 g/mol. The highest BCUT2D eigenvalue weighted by Crippen LogP contribution is 2.37. The maximum atomic E-state index is 12.8. The van der Waals surface area contributed by atoms with E-state index in [0.29, 0.717) is 45.7 Å². The second-order valence-corrected chi connectivity index (χ2v) is 7.88. The summed E-state index contributed by atoms with van der Waals surface area (Å²) in [6.07, 6.45) is 0. The molecule has 1 N–H and O–H groups in total. The van der Waals surface area contributed by atoms with E-state index in [-0.39, 0.29) is 19.2 Å². The Bertz CT molecular complexity index is 1520. The monoisotopic (exact) mass is 464 g/mol. The molecule has 35 heavy (non-hydrogen) atoms. The maximum Gasteiger partial charge on any atom is 0.251 e. The zero-order valence-electron chi connectivity index (χ0n) is 18.5. The average molecular weight is 464 g/mol. The van der Waals surface area contributed by atoms with Crippen molar-refractivity contribution < 1.29 is 19.0 Å². The SMILES string of the molecule is O=C(NCc1c(-c2ccc3c(c2)OCO3)nc2ccc(Oc3ccccc3)nn12)c1ccccc1. The first-order valence-electron chi connectivity index (χ1n) is 11.1. The fraction of sp³-hybridized carbons (Fsp3) is 0.0741. The van der Waals surface area contributed by atoms with E-state index in [4.69, 9.17) is 19.2 Å². The molecule has 1 amide bonds. The number of hydrogen-bond acceptors (Lipinski definition) is 6. The van der Waals surface area contributed by atoms with Crippen molar-refractivity contribution in [2.45, 2.75) is 6.54 Å². The van der Waals surface area contributed by atoms with E-state index >= 15 is 0 Å². The van der Waals surface area contributed by atoms with Gasteiger partial charge in [-0.3, -0.25) is 4.79 Å². The third kappa shape index (κ3) is 4.13. The van der Waals surface area contributed by atoms with E-state index in [0.717, 1.165) is 5.56 Å². The third-order valence-corrected chi connectivity index (χ3v) is 5.61. The van der Waals surface area contributed by atoms with Gasteiger partial charge in [0.15, 0.2) is 17.1 Å². The number of amides is 1. The largest absolute Gasteiger partial charge is 0.454 e. The molecule has 1 aliphatic rings. The van der Waals surface area contributed by atoms with Crippen molar-refractivity contribution in [3.05, 3.63) is 102 Å². The molecule has 0 fully saturated rings. The molecule has 172 valence electrons. The summed E-state index contributed by atoms with van der Waals surface area (Å²) < 4.78 is 18.6. The van der Waals surface area contributed by atoms with Crippen LogP contribution in [0.5, 0.6) is 23.1 Å². The Hall–Kier alpha value is -4.85. The van der Waals surface area contributed by atoms with E-state index in [1.165, 1.54) is 0 Å². The van der Waals surface area contributed by atoms with Gasteiger partial charge in [-0.25, -0.2) is 9.50 Å². The topological polar surface area (TPSA) is 87.0 Å². The number of nitrogens with zero attached hydrogens (tertiary/aromatic N) is 3. The van der Waals surface area contributed by atoms with Gasteiger partial charge < -0.3 is 19.5 Å². The number of aromatic nitrogens is 3. The second kappa shape index (κ2) is 8.83. The molecule has 0 saturated carbocycles. The summed E-state index contributed by atoms with van der Waals surface area (Å²) in [5.41, 5.74) is 3.42. The maximum absolute atomic E-state index is 12.8. The molecule has 0 spiro atoms. The molecule has 0 atom stereocenters. The van der Waals surface area contributed by atoms with Gasteiger partial charge in [-0.15, -0.1) is 5.10 Å². The van der Waals surface area contributed by atoms with Gasteiger partial charge in [0.25, 0.3) is 5.91 Å². The van der Waals surface area contributed by atoms with E-state index < -0.39 is 0 Å². The summed E-state index contributed by atoms with van der Waals surface area (Å²) in [6, 6.07) is 27.8. The van der Waals surface area contributed by atoms with Gasteiger partial charge >= 0.3 is 0 Å². The molecule has 8 heteroatoms. The second-order valence-electron chi connectivity index (χ2n) is 7.88. The molecule has 0 saturated heterocycles. The minimum atomic E-state index is -0.186. The molecule has 0 aliphatic carbocycles. The van der Waals surface area contributed by atoms with Crippen LogP contribution in [0.4, 0.5) is 0 Å². The summed E-state index contributed by atoms with van der Waals surface area (Å²) in [5, 5.41) is 7.65. The van der Waals surface area contributed by atoms with E-state index in [2.05, 4.69) is 10.4 Å². The van der Waals surface area contributed by atoms with Crippen LogP contribution in [-0.2, 0) is 6.54 Å². The fourth-order valence-corrected chi connectivity index (χ4v) is 3.92. The van der Waals surface area contributed by atoms with Crippen LogP contribution in [0.2, 0.25) is 0 Å². The molecule has 0 radical (unpaired) electrons. The summed E-state index contributed by atoms with van der Waals surface area (Å²) in [6.45, 7) is 0.395. The Morgan fingerprint density at radius 1 is 0.914 bits per heavy atom. The highest BCUT2D eigenvalue weighted by Gasteiger charge is 2.20. The number of ether oxygens (including phenoxy) is 3. The van der Waals surface area contributed by atoms with Crippen LogP contribution < -0.4 is 19.5 Å². The van der Waals surface area contributed by atoms with E-state index in [1.54, 1.807) is 22.7 Å². The summed E-state index contributed by atoms with van der Waals surface area (Å²) in [5.74, 6) is 2.24. The first-order chi connectivity index (χ1) is 17.2. The predicted octanol–water partition coefficient (Wildman–Crippen LogP) is 4.85. The van der Waals surface area contributed by atoms with Crippen molar-refractivity contribution in [3.8, 4) is 34.4 Å². The number of hydrogen-bond donors (Lipinski definition) is 1. The number of benzene rings is 3. The highest BCUT2D eigenvalue weighted by atomic mass is 16.7. The van der Waals surface area contributed by atoms with Gasteiger partial charge in [0.2, 0.25) is 12.7 Å². The number of carbonyl (C=O) groups is 1. The Morgan fingerprint density at radius 3 is 2.51 bits per heavy atom. The Morgan fingerprint density at radius 2 is 1.69 bits per heavy atom. The first-order valence-corrected chi connectivity index (χ1v) is 11.1. The number of fused-ring (bicyclic) bond motifs is 2. The predicted molar refractivity (Wildman–Crippen MR) is 129 cm³/mol. The van der Waals surface area contributed by atoms with Crippen LogP contribution in [0.1, 0.15) is 16.1 Å². The fourth-order valence-electron chi connectivity index (χ4n) is 3.92. The molecule has 5 aromatic rings. The van der Waals surface area contributed by atoms with Crippen LogP contribution in [0.15, 0.2) is 91.0 Å². The highest BCUT2D eigenvalue weighted by molar-refractivity contribution is 5.94. The van der Waals surface area contributed by atoms with Crippen molar-refractivity contribution in [1.82, 2.24) is 19.9 Å². The average Bonchev–Trinajstić information content (AvgIpc) is 3.52. The lowest BCUT2D eigenvalue weighted by atomic mass is 10.1. The van der Waals surface area contributed by atoms with Crippen LogP contribution in [0.25, 0.3) is 16.9 Å². The number of rotatable bonds is 6. The van der Waals surface area contributed by atoms with Gasteiger partial charge in [0, 0.05) is 17.2 Å². The lowest BCUT2D eigenvalue weighted by molar-refractivity contribution is 0.0950. The number of imidazole rings is 1. The van der Waals surface area contributed by atoms with Crippen LogP contribution >= 0.6 is 0 Å². The molecule has 8 nitrogen and oxygen atoms in total. The van der Waals surface area contributed by atoms with Gasteiger partial charge in [-0.05, 0) is 48.5 Å². The molecular formula is C27H20N4O4. The molecule has 3 aromatic carbocycles. The lowest BCUT2D eigenvalue weighted by Gasteiger charge is -2.09. The third-order valence-electron chi connectivity index (χ3n) is 5.61. The summed E-state index contributed by atoms with van der Waals surface area (Å²) in [7, 11) is 0. The quantitative estimate of drug-likeness (QED) is 0.387. The minimum absolute atomic E-state index is 0.186. The van der Waals surface area contributed by atoms with Crippen molar-refractivity contribution in [1.29, 1.82) is 0 Å². The Balaban J connectivity index is 1.39. The van der Waals surface area contributed by atoms with Crippen molar-refractivity contribution in [2.75, 3.05) is 6.79 Å². The molecule has 1 aliphatic heterocycles. The van der Waals surface area contributed by atoms with Crippen molar-refractivity contribution in [3.63, 3.8) is 0 Å². The standard InChI is InChI=1S/C27H20N4O4/c32-27(18-7-3-1-4-8-18)28-16-21-26(19-11-12-22-23(15-19)34-17-33-22)29-24-13-14-25(30-31(21)24)35-20-9-5-2-6-10-20/h1-15H,16-17H2,(H,28,32). The van der Waals surface area contributed by atoms with Crippen LogP contribution in [0.3, 0.4) is 0 Å². The van der Waals surface area contributed by atoms with Gasteiger partial charge in [-0.2, -0.15) is 0 Å². The van der Waals surface area contributed by atoms with Crippen LogP contribution in [0, 0.1) is 0 Å². The first kappa shape index (κ1) is 20.7. The van der Waals surface area contributed by atoms with Gasteiger partial charge in [0.05, 0.1) is 17.9 Å². The number of carbonyl (C=O) groups excluding carboxylic acids is 1. The molecule has 0 bridgehead atoms. The van der Waals surface area contributed by atoms with Gasteiger partial charge in [-0.1, -0.05) is 36.4 Å². The van der Waals surface area contributed by atoms with Gasteiger partial charge in [0.1, 0.15) is 5.75 Å². The van der Waals surface area contributed by atoms with E-state index in [9.17, 15) is 4.79 Å². The number of nitrogens with one attached hydrogen (secondary N) is 1. The molecule has 0 unspecified atom stereocenters. The molecule has 3 heterocycles. The summed E-state index contributed by atoms with van der Waals surface area (Å²) in [4.78, 5) is 17.6. The zero-order chi connectivity index (χ0) is 23.6. The molecule has 6 rings (SSSR count). The number of para-hydroxylation sites is 1. The van der Waals surface area contributed by atoms with Crippen molar-refractivity contribution in [2.24, 2.45) is 0 Å². The Labute approximate surface area is 200 Å². The normalized spacial score (nSPS) is 12.0. The smallest absolute Gasteiger partial charge is 0.251 e. The minimum Gasteiger partial charge on any atom is -0.454 e. The van der Waals surface area contributed by atoms with Crippen LogP contribution in [-0.4, -0.2) is 27.3 Å². The van der Waals surface area contributed by atoms with E-state index in [1.807, 2.05) is 72.8 Å². The zero-order valence-corrected chi connectivity index (χ0v) is 18.5.